The third kappa shape index (κ3) is 5.15. The molecule has 4 rings (SSSR count). The zero-order valence-electron chi connectivity index (χ0n) is 16.8. The summed E-state index contributed by atoms with van der Waals surface area (Å²) in [5.41, 5.74) is 5.60. The number of ether oxygens (including phenoxy) is 1. The maximum Gasteiger partial charge on any atom is 0.312 e. The number of hydrogen-bond acceptors (Lipinski definition) is 6. The first-order chi connectivity index (χ1) is 14.6. The molecule has 0 aliphatic heterocycles. The van der Waals surface area contributed by atoms with Crippen molar-refractivity contribution in [3.05, 3.63) is 62.8 Å². The molecule has 7 heteroatoms. The van der Waals surface area contributed by atoms with E-state index in [4.69, 9.17) is 4.74 Å². The van der Waals surface area contributed by atoms with Gasteiger partial charge >= 0.3 is 5.97 Å². The topological polar surface area (TPSA) is 68.3 Å². The number of amides is 1. The third-order valence-corrected chi connectivity index (χ3v) is 6.88. The molecule has 1 N–H and O–H groups in total. The van der Waals surface area contributed by atoms with Gasteiger partial charge in [0.05, 0.1) is 18.2 Å². The van der Waals surface area contributed by atoms with Crippen molar-refractivity contribution in [2.45, 2.75) is 45.1 Å². The van der Waals surface area contributed by atoms with Crippen LogP contribution in [0.3, 0.4) is 0 Å². The Labute approximate surface area is 184 Å². The van der Waals surface area contributed by atoms with Crippen LogP contribution in [0.1, 0.15) is 48.2 Å². The van der Waals surface area contributed by atoms with E-state index < -0.39 is 5.97 Å². The smallest absolute Gasteiger partial charge is 0.312 e. The lowest BCUT2D eigenvalue weighted by molar-refractivity contribution is -0.148. The number of aryl methyl sites for hydroxylation is 2. The van der Waals surface area contributed by atoms with E-state index in [2.05, 4.69) is 28.5 Å². The van der Waals surface area contributed by atoms with Crippen molar-refractivity contribution in [3.63, 3.8) is 0 Å². The van der Waals surface area contributed by atoms with E-state index in [0.717, 1.165) is 29.0 Å². The Balaban J connectivity index is 1.25. The number of nitrogens with one attached hydrogen (secondary N) is 1. The normalized spacial score (nSPS) is 14.0. The Morgan fingerprint density at radius 3 is 2.80 bits per heavy atom. The largest absolute Gasteiger partial charge is 0.455 e. The quantitative estimate of drug-likeness (QED) is 0.540. The molecule has 1 atom stereocenters. The van der Waals surface area contributed by atoms with E-state index in [1.54, 1.807) is 11.3 Å². The lowest BCUT2D eigenvalue weighted by Crippen LogP contribution is -2.31. The molecule has 1 aliphatic rings. The lowest BCUT2D eigenvalue weighted by Gasteiger charge is -2.20. The SMILES string of the molecule is CC(NC(=O)COC(=O)Cc1csc(-c2ccsc2)n1)c1ccc2c(c1)CCCC2. The maximum absolute atomic E-state index is 12.2. The van der Waals surface area contributed by atoms with E-state index in [0.29, 0.717) is 5.69 Å². The van der Waals surface area contributed by atoms with Crippen molar-refractivity contribution >= 4 is 34.6 Å². The van der Waals surface area contributed by atoms with Gasteiger partial charge in [-0.1, -0.05) is 18.2 Å². The van der Waals surface area contributed by atoms with Gasteiger partial charge < -0.3 is 10.1 Å². The van der Waals surface area contributed by atoms with Crippen LogP contribution in [0, 0.1) is 0 Å². The molecule has 1 amide bonds. The second-order valence-electron chi connectivity index (χ2n) is 7.52. The highest BCUT2D eigenvalue weighted by molar-refractivity contribution is 7.14. The molecule has 2 heterocycles. The minimum Gasteiger partial charge on any atom is -0.455 e. The van der Waals surface area contributed by atoms with Crippen LogP contribution < -0.4 is 5.32 Å². The van der Waals surface area contributed by atoms with E-state index in [-0.39, 0.29) is 25.0 Å². The summed E-state index contributed by atoms with van der Waals surface area (Å²) in [4.78, 5) is 28.8. The summed E-state index contributed by atoms with van der Waals surface area (Å²) in [6, 6.07) is 8.31. The number of thiazole rings is 1. The highest BCUT2D eigenvalue weighted by atomic mass is 32.1. The molecule has 0 radical (unpaired) electrons. The third-order valence-electron chi connectivity index (χ3n) is 5.26. The van der Waals surface area contributed by atoms with Crippen LogP contribution in [0.15, 0.2) is 40.4 Å². The number of benzene rings is 1. The summed E-state index contributed by atoms with van der Waals surface area (Å²) < 4.78 is 5.15. The van der Waals surface area contributed by atoms with Crippen LogP contribution in [-0.2, 0) is 33.6 Å². The van der Waals surface area contributed by atoms with E-state index in [1.807, 2.05) is 29.1 Å². The van der Waals surface area contributed by atoms with E-state index in [1.165, 1.54) is 35.3 Å². The average molecular weight is 441 g/mol. The minimum atomic E-state index is -0.450. The number of fused-ring (bicyclic) bond motifs is 1. The van der Waals surface area contributed by atoms with Crippen LogP contribution in [0.25, 0.3) is 10.6 Å². The molecule has 0 saturated heterocycles. The fourth-order valence-corrected chi connectivity index (χ4v) is 5.17. The Morgan fingerprint density at radius 2 is 2.00 bits per heavy atom. The summed E-state index contributed by atoms with van der Waals surface area (Å²) >= 11 is 3.11. The number of thiophene rings is 1. The zero-order chi connectivity index (χ0) is 20.9. The zero-order valence-corrected chi connectivity index (χ0v) is 18.5. The Bertz CT molecular complexity index is 1030. The first-order valence-corrected chi connectivity index (χ1v) is 11.9. The van der Waals surface area contributed by atoms with Gasteiger partial charge in [-0.25, -0.2) is 4.98 Å². The molecular weight excluding hydrogens is 416 g/mol. The molecule has 2 aromatic heterocycles. The molecule has 0 spiro atoms. The monoisotopic (exact) mass is 440 g/mol. The Morgan fingerprint density at radius 1 is 1.17 bits per heavy atom. The van der Waals surface area contributed by atoms with Crippen LogP contribution in [0.4, 0.5) is 0 Å². The number of rotatable bonds is 7. The van der Waals surface area contributed by atoms with Crippen LogP contribution in [-0.4, -0.2) is 23.5 Å². The fraction of sp³-hybridized carbons (Fsp3) is 0.348. The van der Waals surface area contributed by atoms with Crippen molar-refractivity contribution in [1.29, 1.82) is 0 Å². The standard InChI is InChI=1S/C23H24N2O3S2/c1-15(17-7-6-16-4-2-3-5-18(16)10-17)24-21(26)12-28-22(27)11-20-14-30-23(25-20)19-8-9-29-13-19/h6-10,13-15H,2-5,11-12H2,1H3,(H,24,26). The van der Waals surface area contributed by atoms with Crippen molar-refractivity contribution in [2.75, 3.05) is 6.61 Å². The van der Waals surface area contributed by atoms with Crippen molar-refractivity contribution < 1.29 is 14.3 Å². The number of hydrogen-bond donors (Lipinski definition) is 1. The van der Waals surface area contributed by atoms with E-state index in [9.17, 15) is 9.59 Å². The van der Waals surface area contributed by atoms with Gasteiger partial charge in [-0.2, -0.15) is 11.3 Å². The van der Waals surface area contributed by atoms with Gasteiger partial charge in [0.2, 0.25) is 0 Å². The number of aromatic nitrogens is 1. The maximum atomic E-state index is 12.2. The number of carbonyl (C=O) groups excluding carboxylic acids is 2. The molecule has 5 nitrogen and oxygen atoms in total. The van der Waals surface area contributed by atoms with Crippen molar-refractivity contribution in [3.8, 4) is 10.6 Å². The highest BCUT2D eigenvalue weighted by Crippen LogP contribution is 2.26. The van der Waals surface area contributed by atoms with Gasteiger partial charge in [0.15, 0.2) is 6.61 Å². The van der Waals surface area contributed by atoms with Gasteiger partial charge in [0.1, 0.15) is 5.01 Å². The minimum absolute atomic E-state index is 0.0638. The van der Waals surface area contributed by atoms with Crippen LogP contribution in [0.2, 0.25) is 0 Å². The lowest BCUT2D eigenvalue weighted by atomic mass is 9.89. The molecule has 0 fully saturated rings. The average Bonchev–Trinajstić information content (AvgIpc) is 3.44. The molecule has 1 unspecified atom stereocenters. The van der Waals surface area contributed by atoms with Gasteiger partial charge in [0.25, 0.3) is 5.91 Å². The molecule has 0 bridgehead atoms. The van der Waals surface area contributed by atoms with Gasteiger partial charge in [-0.15, -0.1) is 11.3 Å². The molecule has 1 aromatic carbocycles. The number of esters is 1. The molecule has 0 saturated carbocycles. The Kier molecular flexibility index (Phi) is 6.59. The van der Waals surface area contributed by atoms with Crippen molar-refractivity contribution in [2.24, 2.45) is 0 Å². The summed E-state index contributed by atoms with van der Waals surface area (Å²) in [7, 11) is 0. The van der Waals surface area contributed by atoms with E-state index >= 15 is 0 Å². The van der Waals surface area contributed by atoms with Gasteiger partial charge in [-0.05, 0) is 60.7 Å². The molecule has 3 aromatic rings. The first kappa shape index (κ1) is 20.8. The predicted molar refractivity (Wildman–Crippen MR) is 120 cm³/mol. The summed E-state index contributed by atoms with van der Waals surface area (Å²) in [6.07, 6.45) is 4.78. The summed E-state index contributed by atoms with van der Waals surface area (Å²) in [5.74, 6) is -0.750. The molecular formula is C23H24N2O3S2. The van der Waals surface area contributed by atoms with Gasteiger partial charge in [0, 0.05) is 16.3 Å². The van der Waals surface area contributed by atoms with Crippen LogP contribution >= 0.6 is 22.7 Å². The molecule has 156 valence electrons. The first-order valence-electron chi connectivity index (χ1n) is 10.1. The fourth-order valence-electron chi connectivity index (χ4n) is 3.64. The predicted octanol–water partition coefficient (Wildman–Crippen LogP) is 4.71. The van der Waals surface area contributed by atoms with Crippen LogP contribution in [0.5, 0.6) is 0 Å². The summed E-state index contributed by atoms with van der Waals surface area (Å²) in [5, 5.41) is 9.67. The second-order valence-corrected chi connectivity index (χ2v) is 9.16. The number of carbonyl (C=O) groups is 2. The van der Waals surface area contributed by atoms with Crippen molar-refractivity contribution in [1.82, 2.24) is 10.3 Å². The second kappa shape index (κ2) is 9.53. The molecule has 1 aliphatic carbocycles. The number of nitrogens with zero attached hydrogens (tertiary/aromatic N) is 1. The van der Waals surface area contributed by atoms with Gasteiger partial charge in [-0.3, -0.25) is 9.59 Å². The Hall–Kier alpha value is -2.51. The molecule has 30 heavy (non-hydrogen) atoms. The highest BCUT2D eigenvalue weighted by Gasteiger charge is 2.16. The summed E-state index contributed by atoms with van der Waals surface area (Å²) in [6.45, 7) is 1.67.